The molecule has 1 rings (SSSR count). The lowest BCUT2D eigenvalue weighted by molar-refractivity contribution is -0.384. The summed E-state index contributed by atoms with van der Waals surface area (Å²) < 4.78 is 18.4. The second-order valence-electron chi connectivity index (χ2n) is 3.85. The average molecular weight is 256 g/mol. The van der Waals surface area contributed by atoms with Crippen molar-refractivity contribution in [3.05, 3.63) is 33.6 Å². The van der Waals surface area contributed by atoms with E-state index in [-0.39, 0.29) is 5.69 Å². The van der Waals surface area contributed by atoms with Crippen molar-refractivity contribution >= 4 is 11.4 Å². The highest BCUT2D eigenvalue weighted by Gasteiger charge is 2.16. The highest BCUT2D eigenvalue weighted by atomic mass is 19.1. The zero-order valence-corrected chi connectivity index (χ0v) is 10.5. The van der Waals surface area contributed by atoms with Gasteiger partial charge in [0.1, 0.15) is 11.5 Å². The van der Waals surface area contributed by atoms with Crippen LogP contribution in [0.3, 0.4) is 0 Å². The molecule has 0 amide bonds. The SMILES string of the molecule is CCOCCCNc1cc(C)c(F)cc1[N+](=O)[O-]. The molecule has 0 spiro atoms. The third-order valence-electron chi connectivity index (χ3n) is 2.46. The largest absolute Gasteiger partial charge is 0.382 e. The van der Waals surface area contributed by atoms with E-state index in [1.54, 1.807) is 6.92 Å². The van der Waals surface area contributed by atoms with Gasteiger partial charge >= 0.3 is 0 Å². The van der Waals surface area contributed by atoms with Gasteiger partial charge in [0.05, 0.1) is 11.0 Å². The summed E-state index contributed by atoms with van der Waals surface area (Å²) in [6.45, 7) is 5.27. The number of nitro groups is 1. The van der Waals surface area contributed by atoms with Crippen LogP contribution in [0.2, 0.25) is 0 Å². The van der Waals surface area contributed by atoms with E-state index in [1.165, 1.54) is 6.07 Å². The molecule has 1 aromatic carbocycles. The predicted molar refractivity (Wildman–Crippen MR) is 67.4 cm³/mol. The molecular weight excluding hydrogens is 239 g/mol. The molecular formula is C12H17FN2O3. The first-order valence-corrected chi connectivity index (χ1v) is 5.82. The van der Waals surface area contributed by atoms with E-state index in [1.807, 2.05) is 6.92 Å². The van der Waals surface area contributed by atoms with Crippen LogP contribution in [0.4, 0.5) is 15.8 Å². The van der Waals surface area contributed by atoms with Gasteiger partial charge < -0.3 is 10.1 Å². The number of hydrogen-bond acceptors (Lipinski definition) is 4. The Labute approximate surface area is 105 Å². The van der Waals surface area contributed by atoms with Crippen molar-refractivity contribution in [2.24, 2.45) is 0 Å². The summed E-state index contributed by atoms with van der Waals surface area (Å²) in [5.74, 6) is -0.568. The van der Waals surface area contributed by atoms with Crippen molar-refractivity contribution in [1.82, 2.24) is 0 Å². The van der Waals surface area contributed by atoms with E-state index < -0.39 is 10.7 Å². The van der Waals surface area contributed by atoms with Crippen LogP contribution in [-0.4, -0.2) is 24.7 Å². The van der Waals surface area contributed by atoms with Gasteiger partial charge in [0.15, 0.2) is 0 Å². The number of aryl methyl sites for hydroxylation is 1. The topological polar surface area (TPSA) is 64.4 Å². The quantitative estimate of drug-likeness (QED) is 0.463. The molecule has 0 aromatic heterocycles. The predicted octanol–water partition coefficient (Wildman–Crippen LogP) is 2.88. The fourth-order valence-corrected chi connectivity index (χ4v) is 1.51. The minimum absolute atomic E-state index is 0.241. The van der Waals surface area contributed by atoms with E-state index in [2.05, 4.69) is 5.32 Å². The van der Waals surface area contributed by atoms with Crippen LogP contribution in [0.1, 0.15) is 18.9 Å². The summed E-state index contributed by atoms with van der Waals surface area (Å²) in [7, 11) is 0. The molecule has 0 unspecified atom stereocenters. The molecule has 0 bridgehead atoms. The fraction of sp³-hybridized carbons (Fsp3) is 0.500. The summed E-state index contributed by atoms with van der Waals surface area (Å²) in [5, 5.41) is 13.7. The summed E-state index contributed by atoms with van der Waals surface area (Å²) in [6.07, 6.45) is 0.738. The molecule has 0 fully saturated rings. The van der Waals surface area contributed by atoms with Crippen LogP contribution in [0.5, 0.6) is 0 Å². The van der Waals surface area contributed by atoms with Gasteiger partial charge in [0.25, 0.3) is 5.69 Å². The van der Waals surface area contributed by atoms with Gasteiger partial charge in [-0.05, 0) is 31.9 Å². The van der Waals surface area contributed by atoms with Gasteiger partial charge in [-0.15, -0.1) is 0 Å². The Morgan fingerprint density at radius 3 is 2.83 bits per heavy atom. The van der Waals surface area contributed by atoms with Crippen molar-refractivity contribution in [2.75, 3.05) is 25.1 Å². The number of halogens is 1. The lowest BCUT2D eigenvalue weighted by atomic mass is 10.1. The highest BCUT2D eigenvalue weighted by molar-refractivity contribution is 5.63. The molecule has 18 heavy (non-hydrogen) atoms. The van der Waals surface area contributed by atoms with Crippen molar-refractivity contribution in [1.29, 1.82) is 0 Å². The molecule has 0 radical (unpaired) electrons. The first kappa shape index (κ1) is 14.4. The Morgan fingerprint density at radius 2 is 2.22 bits per heavy atom. The minimum Gasteiger partial charge on any atom is -0.382 e. The molecule has 0 heterocycles. The Hall–Kier alpha value is -1.69. The molecule has 0 aliphatic carbocycles. The van der Waals surface area contributed by atoms with Crippen LogP contribution in [0.25, 0.3) is 0 Å². The van der Waals surface area contributed by atoms with E-state index in [0.717, 1.165) is 12.5 Å². The zero-order chi connectivity index (χ0) is 13.5. The first-order valence-electron chi connectivity index (χ1n) is 5.82. The molecule has 1 aromatic rings. The summed E-state index contributed by atoms with van der Waals surface area (Å²) >= 11 is 0. The fourth-order valence-electron chi connectivity index (χ4n) is 1.51. The first-order chi connectivity index (χ1) is 8.56. The number of rotatable bonds is 7. The highest BCUT2D eigenvalue weighted by Crippen LogP contribution is 2.27. The number of nitrogens with one attached hydrogen (secondary N) is 1. The van der Waals surface area contributed by atoms with Crippen LogP contribution in [0.15, 0.2) is 12.1 Å². The molecule has 5 nitrogen and oxygen atoms in total. The van der Waals surface area contributed by atoms with Gasteiger partial charge in [-0.25, -0.2) is 4.39 Å². The maximum absolute atomic E-state index is 13.3. The molecule has 100 valence electrons. The van der Waals surface area contributed by atoms with Crippen molar-refractivity contribution in [3.63, 3.8) is 0 Å². The van der Waals surface area contributed by atoms with Crippen molar-refractivity contribution < 1.29 is 14.1 Å². The third kappa shape index (κ3) is 3.96. The minimum atomic E-state index is -0.590. The normalized spacial score (nSPS) is 10.4. The number of hydrogen-bond donors (Lipinski definition) is 1. The Balaban J connectivity index is 2.68. The second-order valence-corrected chi connectivity index (χ2v) is 3.85. The second kappa shape index (κ2) is 6.90. The zero-order valence-electron chi connectivity index (χ0n) is 10.5. The number of benzene rings is 1. The summed E-state index contributed by atoms with van der Waals surface area (Å²) in [5.41, 5.74) is 0.484. The molecule has 0 aliphatic rings. The van der Waals surface area contributed by atoms with Crippen LogP contribution in [0, 0.1) is 22.9 Å². The summed E-state index contributed by atoms with van der Waals surface area (Å²) in [4.78, 5) is 10.2. The van der Waals surface area contributed by atoms with Gasteiger partial charge in [-0.2, -0.15) is 0 Å². The Morgan fingerprint density at radius 1 is 1.50 bits per heavy atom. The number of ether oxygens (including phenoxy) is 1. The van der Waals surface area contributed by atoms with Crippen molar-refractivity contribution in [2.45, 2.75) is 20.3 Å². The maximum Gasteiger partial charge on any atom is 0.295 e. The van der Waals surface area contributed by atoms with E-state index in [0.29, 0.717) is 31.0 Å². The number of nitrogens with zero attached hydrogens (tertiary/aromatic N) is 1. The number of nitro benzene ring substituents is 1. The van der Waals surface area contributed by atoms with E-state index >= 15 is 0 Å². The molecule has 0 saturated heterocycles. The Bertz CT molecular complexity index is 424. The standard InChI is InChI=1S/C12H17FN2O3/c1-3-18-6-4-5-14-11-7-9(2)10(13)8-12(11)15(16)17/h7-8,14H,3-6H2,1-2H3. The molecule has 0 aliphatic heterocycles. The molecule has 1 N–H and O–H groups in total. The van der Waals surface area contributed by atoms with E-state index in [4.69, 9.17) is 4.74 Å². The van der Waals surface area contributed by atoms with E-state index in [9.17, 15) is 14.5 Å². The van der Waals surface area contributed by atoms with Gasteiger partial charge in [-0.1, -0.05) is 0 Å². The van der Waals surface area contributed by atoms with Gasteiger partial charge in [0.2, 0.25) is 0 Å². The molecule has 0 atom stereocenters. The third-order valence-corrected chi connectivity index (χ3v) is 2.46. The van der Waals surface area contributed by atoms with Gasteiger partial charge in [0, 0.05) is 19.8 Å². The molecule has 0 saturated carbocycles. The van der Waals surface area contributed by atoms with Crippen molar-refractivity contribution in [3.8, 4) is 0 Å². The smallest absolute Gasteiger partial charge is 0.295 e. The lowest BCUT2D eigenvalue weighted by Gasteiger charge is -2.08. The van der Waals surface area contributed by atoms with Gasteiger partial charge in [-0.3, -0.25) is 10.1 Å². The lowest BCUT2D eigenvalue weighted by Crippen LogP contribution is -2.08. The van der Waals surface area contributed by atoms with Crippen LogP contribution < -0.4 is 5.32 Å². The monoisotopic (exact) mass is 256 g/mol. The molecule has 6 heteroatoms. The summed E-state index contributed by atoms with van der Waals surface area (Å²) in [6, 6.07) is 2.40. The van der Waals surface area contributed by atoms with Crippen LogP contribution in [-0.2, 0) is 4.74 Å². The maximum atomic E-state index is 13.3. The Kier molecular flexibility index (Phi) is 5.51. The number of anilines is 1. The average Bonchev–Trinajstić information content (AvgIpc) is 2.32. The van der Waals surface area contributed by atoms with Crippen LogP contribution >= 0.6 is 0 Å².